The summed E-state index contributed by atoms with van der Waals surface area (Å²) in [5, 5.41) is 8.49. The molecule has 3 N–H and O–H groups in total. The fourth-order valence-electron chi connectivity index (χ4n) is 2.80. The van der Waals surface area contributed by atoms with Crippen molar-refractivity contribution >= 4 is 17.8 Å². The topological polar surface area (TPSA) is 96.5 Å². The number of hydrogen-bond donors (Lipinski definition) is 3. The van der Waals surface area contributed by atoms with E-state index in [4.69, 9.17) is 4.74 Å². The third-order valence-corrected chi connectivity index (χ3v) is 4.09. The first-order chi connectivity index (χ1) is 10.9. The third-order valence-electron chi connectivity index (χ3n) is 4.09. The van der Waals surface area contributed by atoms with Crippen LogP contribution in [-0.4, -0.2) is 50.6 Å². The van der Waals surface area contributed by atoms with Gasteiger partial charge < -0.3 is 20.7 Å². The number of ether oxygens (including phenoxy) is 1. The summed E-state index contributed by atoms with van der Waals surface area (Å²) >= 11 is 0. The summed E-state index contributed by atoms with van der Waals surface area (Å²) in [6.45, 7) is 4.73. The van der Waals surface area contributed by atoms with Gasteiger partial charge in [0.05, 0.1) is 13.2 Å². The molecule has 0 aromatic carbocycles. The average Bonchev–Trinajstić information content (AvgIpc) is 2.52. The highest BCUT2D eigenvalue weighted by Gasteiger charge is 2.32. The Morgan fingerprint density at radius 2 is 2.04 bits per heavy atom. The molecular weight excluding hydrogens is 298 g/mol. The van der Waals surface area contributed by atoms with Crippen LogP contribution in [0.4, 0.5) is 0 Å². The summed E-state index contributed by atoms with van der Waals surface area (Å²) in [4.78, 5) is 36.2. The van der Waals surface area contributed by atoms with Crippen LogP contribution in [-0.2, 0) is 19.1 Å². The Bertz CT molecular complexity index is 426. The molecule has 0 aliphatic carbocycles. The van der Waals surface area contributed by atoms with E-state index in [-0.39, 0.29) is 30.2 Å². The van der Waals surface area contributed by atoms with E-state index in [0.717, 1.165) is 12.8 Å². The fourth-order valence-corrected chi connectivity index (χ4v) is 2.80. The van der Waals surface area contributed by atoms with Gasteiger partial charge >= 0.3 is 5.97 Å². The zero-order valence-electron chi connectivity index (χ0n) is 14.5. The molecule has 0 saturated carbocycles. The van der Waals surface area contributed by atoms with Gasteiger partial charge in [0.1, 0.15) is 6.04 Å². The predicted molar refractivity (Wildman–Crippen MR) is 86.6 cm³/mol. The van der Waals surface area contributed by atoms with E-state index in [9.17, 15) is 14.4 Å². The summed E-state index contributed by atoms with van der Waals surface area (Å²) < 4.78 is 4.78. The maximum atomic E-state index is 12.4. The molecule has 3 atom stereocenters. The number of piperidine rings is 1. The van der Waals surface area contributed by atoms with Crippen LogP contribution < -0.4 is 16.0 Å². The third kappa shape index (κ3) is 6.17. The number of carbonyl (C=O) groups excluding carboxylic acids is 3. The molecule has 3 unspecified atom stereocenters. The predicted octanol–water partition coefficient (Wildman–Crippen LogP) is 0.195. The molecule has 7 heteroatoms. The molecule has 0 aromatic heterocycles. The van der Waals surface area contributed by atoms with Crippen LogP contribution in [0.15, 0.2) is 0 Å². The molecule has 132 valence electrons. The van der Waals surface area contributed by atoms with E-state index < -0.39 is 12.0 Å². The van der Waals surface area contributed by atoms with Crippen LogP contribution in [0, 0.1) is 11.8 Å². The van der Waals surface area contributed by atoms with Gasteiger partial charge in [-0.25, -0.2) is 4.79 Å². The Hall–Kier alpha value is -1.63. The summed E-state index contributed by atoms with van der Waals surface area (Å²) in [5.41, 5.74) is 0. The van der Waals surface area contributed by atoms with E-state index in [0.29, 0.717) is 18.9 Å². The number of amides is 2. The lowest BCUT2D eigenvalue weighted by Crippen LogP contribution is -2.51. The van der Waals surface area contributed by atoms with Crippen LogP contribution in [0.3, 0.4) is 0 Å². The molecule has 1 heterocycles. The normalized spacial score (nSPS) is 20.6. The first-order valence-corrected chi connectivity index (χ1v) is 8.22. The molecule has 1 rings (SSSR count). The van der Waals surface area contributed by atoms with E-state index in [1.54, 1.807) is 7.05 Å². The fraction of sp³-hybridized carbons (Fsp3) is 0.812. The van der Waals surface area contributed by atoms with Crippen molar-refractivity contribution < 1.29 is 19.1 Å². The number of nitrogens with one attached hydrogen (secondary N) is 3. The Morgan fingerprint density at radius 1 is 1.35 bits per heavy atom. The SMILES string of the molecule is CNC(CC(C)C)C(=O)NC(CC1CCCNC1=O)C(=O)OC. The van der Waals surface area contributed by atoms with Crippen LogP contribution >= 0.6 is 0 Å². The molecule has 1 aliphatic rings. The standard InChI is InChI=1S/C16H29N3O4/c1-10(2)8-12(17-3)15(21)19-13(16(22)23-4)9-11-6-5-7-18-14(11)20/h10-13,17H,5-9H2,1-4H3,(H,18,20)(H,19,21). The van der Waals surface area contributed by atoms with Gasteiger partial charge in [0.2, 0.25) is 11.8 Å². The Balaban J connectivity index is 2.71. The molecule has 1 fully saturated rings. The molecular formula is C16H29N3O4. The van der Waals surface area contributed by atoms with E-state index in [1.807, 2.05) is 13.8 Å². The van der Waals surface area contributed by atoms with Crippen molar-refractivity contribution in [3.63, 3.8) is 0 Å². The first kappa shape index (κ1) is 19.4. The smallest absolute Gasteiger partial charge is 0.328 e. The van der Waals surface area contributed by atoms with Crippen LogP contribution in [0.5, 0.6) is 0 Å². The second-order valence-corrected chi connectivity index (χ2v) is 6.42. The second kappa shape index (κ2) is 9.50. The van der Waals surface area contributed by atoms with Crippen LogP contribution in [0.25, 0.3) is 0 Å². The number of methoxy groups -OCH3 is 1. The maximum Gasteiger partial charge on any atom is 0.328 e. The zero-order valence-corrected chi connectivity index (χ0v) is 14.5. The lowest BCUT2D eigenvalue weighted by molar-refractivity contribution is -0.146. The van der Waals surface area contributed by atoms with Gasteiger partial charge in [0, 0.05) is 12.5 Å². The highest BCUT2D eigenvalue weighted by molar-refractivity contribution is 5.88. The van der Waals surface area contributed by atoms with Gasteiger partial charge in [-0.3, -0.25) is 9.59 Å². The van der Waals surface area contributed by atoms with Crippen molar-refractivity contribution in [3.8, 4) is 0 Å². The van der Waals surface area contributed by atoms with Gasteiger partial charge in [0.25, 0.3) is 0 Å². The zero-order chi connectivity index (χ0) is 17.4. The van der Waals surface area contributed by atoms with Crippen molar-refractivity contribution in [1.29, 1.82) is 0 Å². The summed E-state index contributed by atoms with van der Waals surface area (Å²) in [6.07, 6.45) is 2.53. The number of carbonyl (C=O) groups is 3. The number of rotatable bonds is 8. The van der Waals surface area contributed by atoms with Crippen molar-refractivity contribution in [2.75, 3.05) is 20.7 Å². The highest BCUT2D eigenvalue weighted by Crippen LogP contribution is 2.18. The summed E-state index contributed by atoms with van der Waals surface area (Å²) in [7, 11) is 3.00. The van der Waals surface area contributed by atoms with Crippen molar-refractivity contribution in [3.05, 3.63) is 0 Å². The lowest BCUT2D eigenvalue weighted by Gasteiger charge is -2.27. The van der Waals surface area contributed by atoms with Crippen molar-refractivity contribution in [2.24, 2.45) is 11.8 Å². The molecule has 0 radical (unpaired) electrons. The molecule has 7 nitrogen and oxygen atoms in total. The van der Waals surface area contributed by atoms with Crippen LogP contribution in [0.2, 0.25) is 0 Å². The molecule has 2 amide bonds. The minimum Gasteiger partial charge on any atom is -0.467 e. The number of hydrogen-bond acceptors (Lipinski definition) is 5. The largest absolute Gasteiger partial charge is 0.467 e. The average molecular weight is 327 g/mol. The van der Waals surface area contributed by atoms with Gasteiger partial charge in [-0.05, 0) is 38.6 Å². The minimum atomic E-state index is -0.802. The summed E-state index contributed by atoms with van der Waals surface area (Å²) in [5.74, 6) is -0.749. The van der Waals surface area contributed by atoms with E-state index in [2.05, 4.69) is 16.0 Å². The molecule has 23 heavy (non-hydrogen) atoms. The van der Waals surface area contributed by atoms with Crippen molar-refractivity contribution in [1.82, 2.24) is 16.0 Å². The number of esters is 1. The van der Waals surface area contributed by atoms with Gasteiger partial charge in [-0.15, -0.1) is 0 Å². The molecule has 0 aromatic rings. The quantitative estimate of drug-likeness (QED) is 0.553. The van der Waals surface area contributed by atoms with E-state index in [1.165, 1.54) is 7.11 Å². The minimum absolute atomic E-state index is 0.0632. The molecule has 1 aliphatic heterocycles. The van der Waals surface area contributed by atoms with Gasteiger partial charge in [-0.2, -0.15) is 0 Å². The van der Waals surface area contributed by atoms with E-state index >= 15 is 0 Å². The number of likely N-dealkylation sites (N-methyl/N-ethyl adjacent to an activating group) is 1. The molecule has 0 spiro atoms. The first-order valence-electron chi connectivity index (χ1n) is 8.22. The molecule has 0 bridgehead atoms. The highest BCUT2D eigenvalue weighted by atomic mass is 16.5. The van der Waals surface area contributed by atoms with Gasteiger partial charge in [-0.1, -0.05) is 13.8 Å². The van der Waals surface area contributed by atoms with Gasteiger partial charge in [0.15, 0.2) is 0 Å². The lowest BCUT2D eigenvalue weighted by atomic mass is 9.91. The van der Waals surface area contributed by atoms with Crippen molar-refractivity contribution in [2.45, 2.75) is 51.6 Å². The van der Waals surface area contributed by atoms with Crippen LogP contribution in [0.1, 0.15) is 39.5 Å². The Morgan fingerprint density at radius 3 is 2.57 bits per heavy atom. The Kier molecular flexibility index (Phi) is 8.02. The summed E-state index contributed by atoms with van der Waals surface area (Å²) in [6, 6.07) is -1.17. The maximum absolute atomic E-state index is 12.4. The monoisotopic (exact) mass is 327 g/mol. The molecule has 1 saturated heterocycles. The Labute approximate surface area is 137 Å². The second-order valence-electron chi connectivity index (χ2n) is 6.42.